The molecule has 0 atom stereocenters. The van der Waals surface area contributed by atoms with Crippen molar-refractivity contribution < 1.29 is 15.0 Å². The highest BCUT2D eigenvalue weighted by Crippen LogP contribution is 2.15. The average molecular weight is 213 g/mol. The van der Waals surface area contributed by atoms with E-state index in [9.17, 15) is 9.90 Å². The fourth-order valence-corrected chi connectivity index (χ4v) is 1.39. The van der Waals surface area contributed by atoms with Gasteiger partial charge >= 0.3 is 0 Å². The quantitative estimate of drug-likeness (QED) is 0.772. The van der Waals surface area contributed by atoms with Crippen molar-refractivity contribution in [3.8, 4) is 11.5 Å². The van der Waals surface area contributed by atoms with Gasteiger partial charge in [-0.1, -0.05) is 24.3 Å². The Morgan fingerprint density at radius 3 is 1.81 bits per heavy atom. The van der Waals surface area contributed by atoms with Gasteiger partial charge in [0.25, 0.3) is 0 Å². The lowest BCUT2D eigenvalue weighted by Crippen LogP contribution is -2.01. The summed E-state index contributed by atoms with van der Waals surface area (Å²) in [5.74, 6) is -0.172. The molecular formula is C13H9O3-. The fourth-order valence-electron chi connectivity index (χ4n) is 1.39. The molecule has 0 aliphatic heterocycles. The second kappa shape index (κ2) is 4.06. The first-order valence-electron chi connectivity index (χ1n) is 4.77. The molecule has 3 nitrogen and oxygen atoms in total. The van der Waals surface area contributed by atoms with Gasteiger partial charge in [0.05, 0.1) is 0 Å². The Kier molecular flexibility index (Phi) is 2.60. The smallest absolute Gasteiger partial charge is 0.193 e. The van der Waals surface area contributed by atoms with Crippen LogP contribution in [0.25, 0.3) is 0 Å². The van der Waals surface area contributed by atoms with E-state index in [0.717, 1.165) is 0 Å². The molecule has 2 rings (SSSR count). The first-order valence-corrected chi connectivity index (χ1v) is 4.77. The summed E-state index contributed by atoms with van der Waals surface area (Å²) in [5.41, 5.74) is 0.946. The summed E-state index contributed by atoms with van der Waals surface area (Å²) < 4.78 is 0. The van der Waals surface area contributed by atoms with Crippen LogP contribution in [0.3, 0.4) is 0 Å². The third kappa shape index (κ3) is 2.03. The average Bonchev–Trinajstić information content (AvgIpc) is 2.30. The van der Waals surface area contributed by atoms with Gasteiger partial charge in [0.15, 0.2) is 5.78 Å². The van der Waals surface area contributed by atoms with Crippen LogP contribution in [0.1, 0.15) is 15.9 Å². The van der Waals surface area contributed by atoms with Crippen molar-refractivity contribution in [3.05, 3.63) is 59.7 Å². The van der Waals surface area contributed by atoms with Gasteiger partial charge in [0.2, 0.25) is 0 Å². The summed E-state index contributed by atoms with van der Waals surface area (Å²) in [6.07, 6.45) is 0. The SMILES string of the molecule is O=C(c1ccc([O-])cc1)c1ccc(O)cc1. The number of phenolic OH excluding ortho intramolecular Hbond substituents is 1. The Morgan fingerprint density at radius 1 is 0.875 bits per heavy atom. The maximum absolute atomic E-state index is 11.9. The molecule has 0 aliphatic carbocycles. The first kappa shape index (κ1) is 10.2. The Hall–Kier alpha value is -2.29. The minimum Gasteiger partial charge on any atom is -0.872 e. The Bertz CT molecular complexity index is 450. The highest BCUT2D eigenvalue weighted by atomic mass is 16.3. The van der Waals surface area contributed by atoms with Crippen LogP contribution >= 0.6 is 0 Å². The molecular weight excluding hydrogens is 204 g/mol. The van der Waals surface area contributed by atoms with Gasteiger partial charge in [-0.05, 0) is 24.3 Å². The molecule has 1 N–H and O–H groups in total. The number of rotatable bonds is 2. The second-order valence-electron chi connectivity index (χ2n) is 3.40. The topological polar surface area (TPSA) is 60.4 Å². The van der Waals surface area contributed by atoms with E-state index in [1.54, 1.807) is 12.1 Å². The van der Waals surface area contributed by atoms with Gasteiger partial charge in [0, 0.05) is 11.1 Å². The molecule has 3 heteroatoms. The van der Waals surface area contributed by atoms with Gasteiger partial charge in [-0.3, -0.25) is 4.79 Å². The lowest BCUT2D eigenvalue weighted by Gasteiger charge is -2.05. The number of hydrogen-bond acceptors (Lipinski definition) is 3. The third-order valence-corrected chi connectivity index (χ3v) is 2.25. The molecule has 0 saturated heterocycles. The largest absolute Gasteiger partial charge is 0.872 e. The second-order valence-corrected chi connectivity index (χ2v) is 3.40. The van der Waals surface area contributed by atoms with Crippen LogP contribution in [0.4, 0.5) is 0 Å². The monoisotopic (exact) mass is 213 g/mol. The molecule has 0 fully saturated rings. The van der Waals surface area contributed by atoms with Crippen LogP contribution in [-0.4, -0.2) is 10.9 Å². The van der Waals surface area contributed by atoms with Crippen molar-refractivity contribution in [1.29, 1.82) is 0 Å². The van der Waals surface area contributed by atoms with Crippen LogP contribution in [-0.2, 0) is 0 Å². The molecule has 0 bridgehead atoms. The van der Waals surface area contributed by atoms with Crippen molar-refractivity contribution >= 4 is 5.78 Å². The lowest BCUT2D eigenvalue weighted by molar-refractivity contribution is -0.268. The fraction of sp³-hybridized carbons (Fsp3) is 0. The zero-order valence-electron chi connectivity index (χ0n) is 8.38. The van der Waals surface area contributed by atoms with Gasteiger partial charge in [-0.2, -0.15) is 0 Å². The van der Waals surface area contributed by atoms with Crippen molar-refractivity contribution in [3.63, 3.8) is 0 Å². The van der Waals surface area contributed by atoms with Crippen LogP contribution in [0, 0.1) is 0 Å². The summed E-state index contributed by atoms with van der Waals surface area (Å²) >= 11 is 0. The van der Waals surface area contributed by atoms with E-state index >= 15 is 0 Å². The molecule has 0 saturated carbocycles. The molecule has 0 heterocycles. The number of ketones is 1. The van der Waals surface area contributed by atoms with E-state index in [1.807, 2.05) is 0 Å². The molecule has 16 heavy (non-hydrogen) atoms. The highest BCUT2D eigenvalue weighted by molar-refractivity contribution is 6.09. The maximum Gasteiger partial charge on any atom is 0.193 e. The standard InChI is InChI=1S/C13H10O3/c14-11-5-1-9(2-6-11)13(16)10-3-7-12(15)8-4-10/h1-8,14-15H/p-1. The maximum atomic E-state index is 11.9. The molecule has 2 aromatic carbocycles. The van der Waals surface area contributed by atoms with E-state index in [-0.39, 0.29) is 17.3 Å². The summed E-state index contributed by atoms with van der Waals surface area (Å²) in [4.78, 5) is 11.9. The van der Waals surface area contributed by atoms with Gasteiger partial charge in [-0.25, -0.2) is 0 Å². The molecule has 0 aliphatic rings. The van der Waals surface area contributed by atoms with Gasteiger partial charge in [0.1, 0.15) is 5.75 Å². The molecule has 0 unspecified atom stereocenters. The Labute approximate surface area is 92.6 Å². The molecule has 0 radical (unpaired) electrons. The predicted octanol–water partition coefficient (Wildman–Crippen LogP) is 1.70. The lowest BCUT2D eigenvalue weighted by atomic mass is 10.0. The van der Waals surface area contributed by atoms with Gasteiger partial charge < -0.3 is 10.2 Å². The Balaban J connectivity index is 2.32. The van der Waals surface area contributed by atoms with Crippen molar-refractivity contribution in [2.24, 2.45) is 0 Å². The van der Waals surface area contributed by atoms with Crippen LogP contribution in [0.15, 0.2) is 48.5 Å². The third-order valence-electron chi connectivity index (χ3n) is 2.25. The number of aromatic hydroxyl groups is 1. The van der Waals surface area contributed by atoms with E-state index in [1.165, 1.54) is 36.4 Å². The number of phenols is 1. The van der Waals surface area contributed by atoms with Crippen LogP contribution in [0.2, 0.25) is 0 Å². The number of carbonyl (C=O) groups excluding carboxylic acids is 1. The summed E-state index contributed by atoms with van der Waals surface area (Å²) in [7, 11) is 0. The van der Waals surface area contributed by atoms with E-state index in [4.69, 9.17) is 5.11 Å². The molecule has 0 aromatic heterocycles. The number of carbonyl (C=O) groups is 1. The van der Waals surface area contributed by atoms with Crippen LogP contribution in [0.5, 0.6) is 11.5 Å². The van der Waals surface area contributed by atoms with E-state index in [0.29, 0.717) is 11.1 Å². The van der Waals surface area contributed by atoms with Crippen molar-refractivity contribution in [1.82, 2.24) is 0 Å². The van der Waals surface area contributed by atoms with E-state index in [2.05, 4.69) is 0 Å². The number of benzene rings is 2. The zero-order chi connectivity index (χ0) is 11.5. The summed E-state index contributed by atoms with van der Waals surface area (Å²) in [6, 6.07) is 11.7. The van der Waals surface area contributed by atoms with Crippen LogP contribution < -0.4 is 5.11 Å². The predicted molar refractivity (Wildman–Crippen MR) is 57.4 cm³/mol. The van der Waals surface area contributed by atoms with Gasteiger partial charge in [-0.15, -0.1) is 5.75 Å². The summed E-state index contributed by atoms with van der Waals surface area (Å²) in [6.45, 7) is 0. The molecule has 0 spiro atoms. The number of hydrogen-bond donors (Lipinski definition) is 1. The molecule has 0 amide bonds. The Morgan fingerprint density at radius 2 is 1.31 bits per heavy atom. The molecule has 80 valence electrons. The first-order chi connectivity index (χ1) is 7.66. The molecule has 2 aromatic rings. The van der Waals surface area contributed by atoms with E-state index < -0.39 is 0 Å². The summed E-state index contributed by atoms with van der Waals surface area (Å²) in [5, 5.41) is 20.0. The van der Waals surface area contributed by atoms with Crippen molar-refractivity contribution in [2.75, 3.05) is 0 Å². The normalized spacial score (nSPS) is 10.0. The highest BCUT2D eigenvalue weighted by Gasteiger charge is 2.07. The minimum atomic E-state index is -0.167. The zero-order valence-corrected chi connectivity index (χ0v) is 8.38. The van der Waals surface area contributed by atoms with Crippen molar-refractivity contribution in [2.45, 2.75) is 0 Å². The minimum absolute atomic E-state index is 0.117.